The summed E-state index contributed by atoms with van der Waals surface area (Å²) in [7, 11) is 0. The van der Waals surface area contributed by atoms with E-state index < -0.39 is 6.03 Å². The Morgan fingerprint density at radius 1 is 1.43 bits per heavy atom. The minimum Gasteiger partial charge on any atom is -0.350 e. The van der Waals surface area contributed by atoms with Crippen molar-refractivity contribution < 1.29 is 4.79 Å². The van der Waals surface area contributed by atoms with Crippen molar-refractivity contribution >= 4 is 23.3 Å². The number of carbonyl (C=O) groups is 1. The van der Waals surface area contributed by atoms with E-state index in [-0.39, 0.29) is 5.88 Å². The van der Waals surface area contributed by atoms with E-state index in [0.717, 1.165) is 5.56 Å². The van der Waals surface area contributed by atoms with Crippen LogP contribution in [0.3, 0.4) is 0 Å². The Balaban J connectivity index is 2.82. The Kier molecular flexibility index (Phi) is 3.94. The molecule has 0 aliphatic rings. The van der Waals surface area contributed by atoms with Gasteiger partial charge in [-0.25, -0.2) is 10.2 Å². The predicted molar refractivity (Wildman–Crippen MR) is 56.4 cm³/mol. The molecule has 3 N–H and O–H groups in total. The highest BCUT2D eigenvalue weighted by atomic mass is 35.5. The molecule has 1 rings (SSSR count). The Morgan fingerprint density at radius 2 is 2.07 bits per heavy atom. The first-order valence-corrected chi connectivity index (χ1v) is 4.51. The molecule has 0 radical (unpaired) electrons. The van der Waals surface area contributed by atoms with Crippen LogP contribution >= 0.6 is 11.6 Å². The summed E-state index contributed by atoms with van der Waals surface area (Å²) < 4.78 is 0. The molecule has 0 atom stereocenters. The Morgan fingerprint density at radius 3 is 2.57 bits per heavy atom. The molecule has 14 heavy (non-hydrogen) atoms. The van der Waals surface area contributed by atoms with Gasteiger partial charge in [0.15, 0.2) is 0 Å². The van der Waals surface area contributed by atoms with Crippen molar-refractivity contribution in [2.45, 2.75) is 0 Å². The van der Waals surface area contributed by atoms with Crippen LogP contribution in [0, 0.1) is 0 Å². The number of hydrazone groups is 1. The third-order valence-electron chi connectivity index (χ3n) is 1.53. The number of carbonyl (C=O) groups excluding carboxylic acids is 1. The number of nitrogens with one attached hydrogen (secondary N) is 1. The predicted octanol–water partition coefficient (Wildman–Crippen LogP) is 1.30. The largest absolute Gasteiger partial charge is 0.350 e. The molecular weight excluding hydrogens is 202 g/mol. The lowest BCUT2D eigenvalue weighted by Crippen LogP contribution is -2.26. The van der Waals surface area contributed by atoms with Gasteiger partial charge in [-0.3, -0.25) is 0 Å². The van der Waals surface area contributed by atoms with E-state index in [1.165, 1.54) is 0 Å². The van der Waals surface area contributed by atoms with E-state index in [1.807, 2.05) is 30.3 Å². The van der Waals surface area contributed by atoms with Crippen LogP contribution in [0.2, 0.25) is 0 Å². The molecule has 0 saturated heterocycles. The number of nitrogens with two attached hydrogens (primary N) is 1. The number of primary amides is 1. The number of hydrogen-bond acceptors (Lipinski definition) is 2. The highest BCUT2D eigenvalue weighted by Gasteiger charge is 2.01. The van der Waals surface area contributed by atoms with Gasteiger partial charge in [0.05, 0.1) is 11.6 Å². The molecule has 0 aliphatic heterocycles. The first-order valence-electron chi connectivity index (χ1n) is 3.97. The van der Waals surface area contributed by atoms with Crippen LogP contribution in [0.25, 0.3) is 0 Å². The fraction of sp³-hybridized carbons (Fsp3) is 0.111. The fourth-order valence-corrected chi connectivity index (χ4v) is 1.14. The number of urea groups is 1. The number of rotatable bonds is 3. The second kappa shape index (κ2) is 5.24. The van der Waals surface area contributed by atoms with Gasteiger partial charge in [0, 0.05) is 0 Å². The molecule has 0 unspecified atom stereocenters. The van der Waals surface area contributed by atoms with Crippen molar-refractivity contribution in [3.8, 4) is 0 Å². The van der Waals surface area contributed by atoms with Crippen LogP contribution in [0.5, 0.6) is 0 Å². The SMILES string of the molecule is NC(=O)N/N=C(\CCl)c1ccccc1. The van der Waals surface area contributed by atoms with Crippen LogP contribution in [0.15, 0.2) is 35.4 Å². The molecule has 0 heterocycles. The van der Waals surface area contributed by atoms with Crippen molar-refractivity contribution in [3.63, 3.8) is 0 Å². The van der Waals surface area contributed by atoms with Crippen molar-refractivity contribution in [2.75, 3.05) is 5.88 Å². The van der Waals surface area contributed by atoms with Gasteiger partial charge in [0.1, 0.15) is 0 Å². The zero-order valence-electron chi connectivity index (χ0n) is 7.40. The minimum absolute atomic E-state index is 0.213. The van der Waals surface area contributed by atoms with Crippen LogP contribution in [-0.2, 0) is 0 Å². The Bertz CT molecular complexity index is 337. The molecule has 1 aromatic carbocycles. The fourth-order valence-electron chi connectivity index (χ4n) is 0.925. The minimum atomic E-state index is -0.705. The van der Waals surface area contributed by atoms with Crippen molar-refractivity contribution in [1.29, 1.82) is 0 Å². The smallest absolute Gasteiger partial charge is 0.332 e. The van der Waals surface area contributed by atoms with Gasteiger partial charge in [0.25, 0.3) is 0 Å². The maximum atomic E-state index is 10.4. The molecule has 0 saturated carbocycles. The van der Waals surface area contributed by atoms with Crippen molar-refractivity contribution in [2.24, 2.45) is 10.8 Å². The molecule has 0 aromatic heterocycles. The second-order valence-corrected chi connectivity index (χ2v) is 2.80. The number of alkyl halides is 1. The summed E-state index contributed by atoms with van der Waals surface area (Å²) in [4.78, 5) is 10.4. The third kappa shape index (κ3) is 3.06. The third-order valence-corrected chi connectivity index (χ3v) is 1.79. The van der Waals surface area contributed by atoms with Gasteiger partial charge >= 0.3 is 6.03 Å². The Hall–Kier alpha value is -1.55. The van der Waals surface area contributed by atoms with Gasteiger partial charge in [0.2, 0.25) is 0 Å². The standard InChI is InChI=1S/C9H10ClN3O/c10-6-8(12-13-9(11)14)7-4-2-1-3-5-7/h1-5H,6H2,(H3,11,13,14)/b12-8+. The van der Waals surface area contributed by atoms with Gasteiger partial charge in [-0.1, -0.05) is 30.3 Å². The van der Waals surface area contributed by atoms with Gasteiger partial charge in [-0.15, -0.1) is 11.6 Å². The highest BCUT2D eigenvalue weighted by Crippen LogP contribution is 2.02. The van der Waals surface area contributed by atoms with Crippen LogP contribution < -0.4 is 11.2 Å². The second-order valence-electron chi connectivity index (χ2n) is 2.53. The summed E-state index contributed by atoms with van der Waals surface area (Å²) in [5.74, 6) is 0.213. The molecule has 0 spiro atoms. The lowest BCUT2D eigenvalue weighted by atomic mass is 10.1. The van der Waals surface area contributed by atoms with E-state index in [1.54, 1.807) is 0 Å². The lowest BCUT2D eigenvalue weighted by molar-refractivity contribution is 0.249. The summed E-state index contributed by atoms with van der Waals surface area (Å²) in [5, 5.41) is 3.77. The first kappa shape index (κ1) is 10.5. The molecule has 0 bridgehead atoms. The normalized spacial score (nSPS) is 11.1. The zero-order valence-corrected chi connectivity index (χ0v) is 8.16. The number of benzene rings is 1. The monoisotopic (exact) mass is 211 g/mol. The topological polar surface area (TPSA) is 67.5 Å². The summed E-state index contributed by atoms with van der Waals surface area (Å²) in [6, 6.07) is 8.61. The maximum Gasteiger partial charge on any atom is 0.332 e. The highest BCUT2D eigenvalue weighted by molar-refractivity contribution is 6.31. The molecule has 1 aromatic rings. The molecule has 0 fully saturated rings. The number of nitrogens with zero attached hydrogens (tertiary/aromatic N) is 1. The molecule has 4 nitrogen and oxygen atoms in total. The number of hydrogen-bond donors (Lipinski definition) is 2. The van der Waals surface area contributed by atoms with Crippen LogP contribution in [0.4, 0.5) is 4.79 Å². The molecule has 0 aliphatic carbocycles. The maximum absolute atomic E-state index is 10.4. The summed E-state index contributed by atoms with van der Waals surface area (Å²) in [6.07, 6.45) is 0. The lowest BCUT2D eigenvalue weighted by Gasteiger charge is -2.01. The van der Waals surface area contributed by atoms with Crippen LogP contribution in [0.1, 0.15) is 5.56 Å². The van der Waals surface area contributed by atoms with Crippen LogP contribution in [-0.4, -0.2) is 17.6 Å². The van der Waals surface area contributed by atoms with E-state index >= 15 is 0 Å². The zero-order chi connectivity index (χ0) is 10.4. The van der Waals surface area contributed by atoms with E-state index in [4.69, 9.17) is 17.3 Å². The van der Waals surface area contributed by atoms with Crippen molar-refractivity contribution in [3.05, 3.63) is 35.9 Å². The van der Waals surface area contributed by atoms with Crippen molar-refractivity contribution in [1.82, 2.24) is 5.43 Å². The average Bonchev–Trinajstić information content (AvgIpc) is 2.20. The van der Waals surface area contributed by atoms with Gasteiger partial charge < -0.3 is 5.73 Å². The van der Waals surface area contributed by atoms with Gasteiger partial charge in [-0.2, -0.15) is 5.10 Å². The Labute approximate surface area is 86.7 Å². The molecule has 2 amide bonds. The number of halogens is 1. The quantitative estimate of drug-likeness (QED) is 0.442. The van der Waals surface area contributed by atoms with E-state index in [2.05, 4.69) is 10.5 Å². The molecular formula is C9H10ClN3O. The summed E-state index contributed by atoms with van der Waals surface area (Å²) in [5.41, 5.74) is 8.44. The summed E-state index contributed by atoms with van der Waals surface area (Å²) in [6.45, 7) is 0. The average molecular weight is 212 g/mol. The molecule has 5 heteroatoms. The first-order chi connectivity index (χ1) is 6.74. The number of amides is 2. The molecule has 74 valence electrons. The summed E-state index contributed by atoms with van der Waals surface area (Å²) >= 11 is 5.66. The van der Waals surface area contributed by atoms with Gasteiger partial charge in [-0.05, 0) is 5.56 Å². The van der Waals surface area contributed by atoms with E-state index in [9.17, 15) is 4.79 Å². The van der Waals surface area contributed by atoms with E-state index in [0.29, 0.717) is 5.71 Å².